The second-order valence-electron chi connectivity index (χ2n) is 3.72. The molecule has 2 N–H and O–H groups in total. The monoisotopic (exact) mass is 221 g/mol. The molecule has 2 heterocycles. The van der Waals surface area contributed by atoms with Crippen LogP contribution in [0.2, 0.25) is 0 Å². The molecule has 0 fully saturated rings. The van der Waals surface area contributed by atoms with Crippen molar-refractivity contribution in [1.29, 1.82) is 0 Å². The molecule has 0 aliphatic rings. The lowest BCUT2D eigenvalue weighted by atomic mass is 10.0. The first-order valence-corrected chi connectivity index (χ1v) is 5.95. The number of rotatable bonds is 4. The Labute approximate surface area is 93.5 Å². The van der Waals surface area contributed by atoms with Crippen LogP contribution in [0.4, 0.5) is 0 Å². The lowest BCUT2D eigenvalue weighted by Gasteiger charge is -2.08. The standard InChI is InChI=1S/C11H15N3S/c1-14-7-9(6-13-14)2-3-11(12)10-4-5-15-8-10/h4-8,11H,2-3,12H2,1H3. The van der Waals surface area contributed by atoms with Gasteiger partial charge in [0, 0.05) is 19.3 Å². The first kappa shape index (κ1) is 10.4. The predicted molar refractivity (Wildman–Crippen MR) is 62.8 cm³/mol. The molecule has 0 amide bonds. The van der Waals surface area contributed by atoms with Gasteiger partial charge in [-0.05, 0) is 40.8 Å². The fourth-order valence-electron chi connectivity index (χ4n) is 1.58. The van der Waals surface area contributed by atoms with Crippen LogP contribution in [-0.2, 0) is 13.5 Å². The molecule has 15 heavy (non-hydrogen) atoms. The van der Waals surface area contributed by atoms with E-state index in [4.69, 9.17) is 5.73 Å². The molecule has 2 rings (SSSR count). The van der Waals surface area contributed by atoms with Crippen LogP contribution < -0.4 is 5.73 Å². The average Bonchev–Trinajstić information content (AvgIpc) is 2.84. The quantitative estimate of drug-likeness (QED) is 0.859. The Kier molecular flexibility index (Phi) is 3.18. The van der Waals surface area contributed by atoms with E-state index in [2.05, 4.69) is 21.9 Å². The van der Waals surface area contributed by atoms with Crippen molar-refractivity contribution in [2.24, 2.45) is 12.8 Å². The topological polar surface area (TPSA) is 43.8 Å². The van der Waals surface area contributed by atoms with E-state index >= 15 is 0 Å². The largest absolute Gasteiger partial charge is 0.324 e. The van der Waals surface area contributed by atoms with Gasteiger partial charge in [-0.25, -0.2) is 0 Å². The minimum absolute atomic E-state index is 0.149. The van der Waals surface area contributed by atoms with Crippen LogP contribution >= 0.6 is 11.3 Å². The number of hydrogen-bond acceptors (Lipinski definition) is 3. The Morgan fingerprint density at radius 3 is 3.07 bits per heavy atom. The summed E-state index contributed by atoms with van der Waals surface area (Å²) in [5.41, 5.74) is 8.57. The minimum Gasteiger partial charge on any atom is -0.324 e. The fraction of sp³-hybridized carbons (Fsp3) is 0.364. The van der Waals surface area contributed by atoms with Crippen LogP contribution in [0.1, 0.15) is 23.6 Å². The van der Waals surface area contributed by atoms with Gasteiger partial charge in [-0.1, -0.05) is 0 Å². The van der Waals surface area contributed by atoms with E-state index in [9.17, 15) is 0 Å². The first-order chi connectivity index (χ1) is 7.25. The van der Waals surface area contributed by atoms with Gasteiger partial charge in [0.2, 0.25) is 0 Å². The molecular formula is C11H15N3S. The summed E-state index contributed by atoms with van der Waals surface area (Å²) in [6.45, 7) is 0. The number of thiophene rings is 1. The molecule has 0 aromatic carbocycles. The van der Waals surface area contributed by atoms with Crippen molar-refractivity contribution in [2.75, 3.05) is 0 Å². The second-order valence-corrected chi connectivity index (χ2v) is 4.50. The van der Waals surface area contributed by atoms with Crippen LogP contribution in [0, 0.1) is 0 Å². The molecule has 0 aliphatic carbocycles. The highest BCUT2D eigenvalue weighted by Crippen LogP contribution is 2.18. The SMILES string of the molecule is Cn1cc(CCC(N)c2ccsc2)cn1. The van der Waals surface area contributed by atoms with E-state index in [1.165, 1.54) is 11.1 Å². The van der Waals surface area contributed by atoms with Crippen molar-refractivity contribution in [3.8, 4) is 0 Å². The van der Waals surface area contributed by atoms with Gasteiger partial charge in [-0.3, -0.25) is 4.68 Å². The van der Waals surface area contributed by atoms with E-state index in [-0.39, 0.29) is 6.04 Å². The van der Waals surface area contributed by atoms with Crippen molar-refractivity contribution in [2.45, 2.75) is 18.9 Å². The summed E-state index contributed by atoms with van der Waals surface area (Å²) in [6.07, 6.45) is 5.91. The van der Waals surface area contributed by atoms with Crippen LogP contribution in [-0.4, -0.2) is 9.78 Å². The minimum atomic E-state index is 0.149. The maximum absolute atomic E-state index is 6.07. The third-order valence-electron chi connectivity index (χ3n) is 2.47. The van der Waals surface area contributed by atoms with Crippen molar-refractivity contribution < 1.29 is 0 Å². The maximum atomic E-state index is 6.07. The van der Waals surface area contributed by atoms with Crippen molar-refractivity contribution in [3.63, 3.8) is 0 Å². The molecule has 1 unspecified atom stereocenters. The number of aryl methyl sites for hydroxylation is 2. The van der Waals surface area contributed by atoms with E-state index < -0.39 is 0 Å². The van der Waals surface area contributed by atoms with Crippen LogP contribution in [0.5, 0.6) is 0 Å². The molecule has 0 bridgehead atoms. The maximum Gasteiger partial charge on any atom is 0.0521 e. The zero-order valence-corrected chi connectivity index (χ0v) is 9.57. The van der Waals surface area contributed by atoms with E-state index in [1.807, 2.05) is 24.1 Å². The summed E-state index contributed by atoms with van der Waals surface area (Å²) in [4.78, 5) is 0. The summed E-state index contributed by atoms with van der Waals surface area (Å²) in [7, 11) is 1.93. The lowest BCUT2D eigenvalue weighted by molar-refractivity contribution is 0.653. The second kappa shape index (κ2) is 4.59. The summed E-state index contributed by atoms with van der Waals surface area (Å²) < 4.78 is 1.82. The number of nitrogens with two attached hydrogens (primary N) is 1. The van der Waals surface area contributed by atoms with E-state index in [0.717, 1.165) is 12.8 Å². The van der Waals surface area contributed by atoms with Crippen molar-refractivity contribution in [1.82, 2.24) is 9.78 Å². The highest BCUT2D eigenvalue weighted by atomic mass is 32.1. The highest BCUT2D eigenvalue weighted by Gasteiger charge is 2.06. The normalized spacial score (nSPS) is 12.9. The van der Waals surface area contributed by atoms with E-state index in [0.29, 0.717) is 0 Å². The predicted octanol–water partition coefficient (Wildman–Crippen LogP) is 2.11. The van der Waals surface area contributed by atoms with Gasteiger partial charge in [0.15, 0.2) is 0 Å². The Morgan fingerprint density at radius 2 is 2.47 bits per heavy atom. The van der Waals surface area contributed by atoms with Crippen LogP contribution in [0.15, 0.2) is 29.2 Å². The molecule has 0 spiro atoms. The smallest absolute Gasteiger partial charge is 0.0521 e. The fourth-order valence-corrected chi connectivity index (χ4v) is 2.30. The summed E-state index contributed by atoms with van der Waals surface area (Å²) in [5.74, 6) is 0. The number of hydrogen-bond donors (Lipinski definition) is 1. The first-order valence-electron chi connectivity index (χ1n) is 5.01. The molecule has 80 valence electrons. The van der Waals surface area contributed by atoms with E-state index in [1.54, 1.807) is 11.3 Å². The molecule has 0 aliphatic heterocycles. The third kappa shape index (κ3) is 2.67. The molecule has 2 aromatic rings. The lowest BCUT2D eigenvalue weighted by Crippen LogP contribution is -2.10. The highest BCUT2D eigenvalue weighted by molar-refractivity contribution is 7.07. The van der Waals surface area contributed by atoms with Gasteiger partial charge in [0.25, 0.3) is 0 Å². The average molecular weight is 221 g/mol. The van der Waals surface area contributed by atoms with Crippen LogP contribution in [0.25, 0.3) is 0 Å². The molecule has 1 atom stereocenters. The third-order valence-corrected chi connectivity index (χ3v) is 3.18. The van der Waals surface area contributed by atoms with Crippen molar-refractivity contribution >= 4 is 11.3 Å². The molecule has 3 nitrogen and oxygen atoms in total. The molecule has 0 saturated heterocycles. The van der Waals surface area contributed by atoms with Crippen LogP contribution in [0.3, 0.4) is 0 Å². The zero-order valence-electron chi connectivity index (χ0n) is 8.76. The van der Waals surface area contributed by atoms with Gasteiger partial charge in [-0.2, -0.15) is 16.4 Å². The Bertz CT molecular complexity index is 405. The molecule has 0 radical (unpaired) electrons. The summed E-state index contributed by atoms with van der Waals surface area (Å²) in [6, 6.07) is 2.25. The summed E-state index contributed by atoms with van der Waals surface area (Å²) in [5, 5.41) is 8.32. The molecule has 0 saturated carbocycles. The van der Waals surface area contributed by atoms with Gasteiger partial charge in [0.05, 0.1) is 6.20 Å². The molecule has 2 aromatic heterocycles. The zero-order chi connectivity index (χ0) is 10.7. The summed E-state index contributed by atoms with van der Waals surface area (Å²) >= 11 is 1.70. The van der Waals surface area contributed by atoms with Gasteiger partial charge in [-0.15, -0.1) is 0 Å². The van der Waals surface area contributed by atoms with Gasteiger partial charge >= 0.3 is 0 Å². The molecular weight excluding hydrogens is 206 g/mol. The number of nitrogens with zero attached hydrogens (tertiary/aromatic N) is 2. The molecule has 4 heteroatoms. The van der Waals surface area contributed by atoms with Gasteiger partial charge < -0.3 is 5.73 Å². The Morgan fingerprint density at radius 1 is 1.60 bits per heavy atom. The number of aromatic nitrogens is 2. The van der Waals surface area contributed by atoms with Gasteiger partial charge in [0.1, 0.15) is 0 Å². The van der Waals surface area contributed by atoms with Crippen molar-refractivity contribution in [3.05, 3.63) is 40.3 Å². The Hall–Kier alpha value is -1.13. The Balaban J connectivity index is 1.88.